The first-order valence-electron chi connectivity index (χ1n) is 11.9. The van der Waals surface area contributed by atoms with Crippen LogP contribution in [0.2, 0.25) is 0 Å². The van der Waals surface area contributed by atoms with Crippen molar-refractivity contribution in [2.24, 2.45) is 4.99 Å². The fraction of sp³-hybridized carbons (Fsp3) is 0.458. The molecule has 0 spiro atoms. The zero-order valence-electron chi connectivity index (χ0n) is 20.0. The molecule has 184 valence electrons. The molecule has 2 fully saturated rings. The lowest BCUT2D eigenvalue weighted by Crippen LogP contribution is -2.64. The maximum atomic E-state index is 12.9. The summed E-state index contributed by atoms with van der Waals surface area (Å²) < 4.78 is 0. The van der Waals surface area contributed by atoms with Gasteiger partial charge >= 0.3 is 6.03 Å². The summed E-state index contributed by atoms with van der Waals surface area (Å²) in [6.07, 6.45) is 2.10. The molecule has 0 aliphatic carbocycles. The molecule has 1 N–H and O–H groups in total. The van der Waals surface area contributed by atoms with Crippen LogP contribution in [0, 0.1) is 6.92 Å². The summed E-state index contributed by atoms with van der Waals surface area (Å²) in [5.41, 5.74) is 2.16. The number of rotatable bonds is 6. The Labute approximate surface area is 209 Å². The first-order chi connectivity index (χ1) is 17.0. The zero-order valence-corrected chi connectivity index (χ0v) is 20.8. The van der Waals surface area contributed by atoms with E-state index in [1.54, 1.807) is 25.0 Å². The fourth-order valence-corrected chi connectivity index (χ4v) is 5.51. The van der Waals surface area contributed by atoms with E-state index in [2.05, 4.69) is 54.2 Å². The lowest BCUT2D eigenvalue weighted by molar-refractivity contribution is -0.127. The van der Waals surface area contributed by atoms with Gasteiger partial charge in [0.1, 0.15) is 0 Å². The lowest BCUT2D eigenvalue weighted by atomic mass is 10.1. The van der Waals surface area contributed by atoms with Crippen LogP contribution in [-0.4, -0.2) is 100 Å². The topological polar surface area (TPSA) is 97.3 Å². The van der Waals surface area contributed by atoms with Gasteiger partial charge < -0.3 is 19.6 Å². The number of likely N-dealkylation sites (N-methyl/N-ethyl adjacent to an activating group) is 1. The van der Waals surface area contributed by atoms with Gasteiger partial charge in [-0.2, -0.15) is 0 Å². The molecule has 3 aliphatic rings. The number of imide groups is 1. The van der Waals surface area contributed by atoms with E-state index in [0.717, 1.165) is 55.2 Å². The molecule has 4 heterocycles. The van der Waals surface area contributed by atoms with E-state index in [4.69, 9.17) is 4.99 Å². The van der Waals surface area contributed by atoms with Crippen molar-refractivity contribution in [1.82, 2.24) is 30.0 Å². The van der Waals surface area contributed by atoms with Crippen molar-refractivity contribution < 1.29 is 9.59 Å². The van der Waals surface area contributed by atoms with Gasteiger partial charge in [-0.3, -0.25) is 10.1 Å². The number of urea groups is 1. The van der Waals surface area contributed by atoms with E-state index < -0.39 is 18.2 Å². The molecule has 0 radical (unpaired) electrons. The number of nitrogens with one attached hydrogen (secondary N) is 1. The first kappa shape index (κ1) is 23.4. The van der Waals surface area contributed by atoms with Gasteiger partial charge in [0.25, 0.3) is 5.91 Å². The Morgan fingerprint density at radius 2 is 1.80 bits per heavy atom. The van der Waals surface area contributed by atoms with Crippen molar-refractivity contribution in [3.63, 3.8) is 0 Å². The number of amides is 3. The monoisotopic (exact) mass is 494 g/mol. The van der Waals surface area contributed by atoms with Gasteiger partial charge in [0, 0.05) is 63.1 Å². The molecule has 35 heavy (non-hydrogen) atoms. The molecule has 11 heteroatoms. The molecular weight excluding hydrogens is 464 g/mol. The number of nitrogens with zero attached hydrogens (tertiary/aromatic N) is 7. The van der Waals surface area contributed by atoms with Gasteiger partial charge in [0.15, 0.2) is 23.3 Å². The summed E-state index contributed by atoms with van der Waals surface area (Å²) in [5.74, 6) is 1.35. The molecular formula is C24H30N8O2S. The molecule has 2 aromatic rings. The van der Waals surface area contributed by atoms with Gasteiger partial charge in [-0.1, -0.05) is 30.0 Å². The number of benzene rings is 1. The third kappa shape index (κ3) is 4.90. The normalized spacial score (nSPS) is 22.3. The third-order valence-corrected chi connectivity index (χ3v) is 7.52. The zero-order chi connectivity index (χ0) is 24.4. The number of hydrogen-bond donors (Lipinski definition) is 1. The molecule has 3 aliphatic heterocycles. The third-order valence-electron chi connectivity index (χ3n) is 6.57. The summed E-state index contributed by atoms with van der Waals surface area (Å²) in [5, 5.41) is 3.25. The molecule has 1 aromatic carbocycles. The number of para-hydroxylation sites is 1. The number of thioether (sulfide) groups is 1. The van der Waals surface area contributed by atoms with E-state index in [1.807, 2.05) is 19.1 Å². The fourth-order valence-electron chi connectivity index (χ4n) is 4.71. The smallest absolute Gasteiger partial charge is 0.325 e. The minimum Gasteiger partial charge on any atom is -0.368 e. The molecule has 2 atom stereocenters. The van der Waals surface area contributed by atoms with Crippen molar-refractivity contribution in [3.05, 3.63) is 48.3 Å². The van der Waals surface area contributed by atoms with Gasteiger partial charge in [0.05, 0.1) is 0 Å². The summed E-state index contributed by atoms with van der Waals surface area (Å²) in [6, 6.07) is 11.4. The molecule has 1 aromatic heterocycles. The van der Waals surface area contributed by atoms with Crippen LogP contribution in [0.5, 0.6) is 0 Å². The van der Waals surface area contributed by atoms with Gasteiger partial charge in [-0.25, -0.2) is 19.8 Å². The molecule has 2 saturated heterocycles. The van der Waals surface area contributed by atoms with Crippen LogP contribution < -0.4 is 10.2 Å². The highest BCUT2D eigenvalue weighted by Gasteiger charge is 2.49. The number of piperazine rings is 1. The van der Waals surface area contributed by atoms with E-state index in [1.165, 1.54) is 10.6 Å². The van der Waals surface area contributed by atoms with E-state index in [0.29, 0.717) is 6.54 Å². The average molecular weight is 495 g/mol. The van der Waals surface area contributed by atoms with Crippen molar-refractivity contribution in [2.75, 3.05) is 50.4 Å². The molecule has 3 amide bonds. The number of anilines is 1. The Kier molecular flexibility index (Phi) is 6.76. The Balaban J connectivity index is 1.27. The van der Waals surface area contributed by atoms with Crippen molar-refractivity contribution >= 4 is 35.3 Å². The van der Waals surface area contributed by atoms with E-state index in [-0.39, 0.29) is 5.91 Å². The summed E-state index contributed by atoms with van der Waals surface area (Å²) >= 11 is 1.61. The highest BCUT2D eigenvalue weighted by atomic mass is 32.2. The number of carbonyl (C=O) groups is 2. The predicted octanol–water partition coefficient (Wildman–Crippen LogP) is 1.64. The molecule has 5 rings (SSSR count). The first-order valence-corrected chi connectivity index (χ1v) is 12.9. The highest BCUT2D eigenvalue weighted by Crippen LogP contribution is 2.27. The Morgan fingerprint density at radius 3 is 2.54 bits per heavy atom. The maximum absolute atomic E-state index is 12.9. The Hall–Kier alpha value is -3.34. The van der Waals surface area contributed by atoms with Crippen LogP contribution in [0.15, 0.2) is 52.7 Å². The number of aromatic nitrogens is 2. The summed E-state index contributed by atoms with van der Waals surface area (Å²) in [4.78, 5) is 47.0. The van der Waals surface area contributed by atoms with Crippen LogP contribution in [0.25, 0.3) is 0 Å². The van der Waals surface area contributed by atoms with E-state index in [9.17, 15) is 9.59 Å². The number of aryl methyl sites for hydroxylation is 1. The number of fused-ring (bicyclic) bond motifs is 1. The Morgan fingerprint density at radius 1 is 1.06 bits per heavy atom. The van der Waals surface area contributed by atoms with Gasteiger partial charge in [-0.05, 0) is 31.5 Å². The lowest BCUT2D eigenvalue weighted by Gasteiger charge is -2.41. The predicted molar refractivity (Wildman–Crippen MR) is 135 cm³/mol. The standard InChI is InChI=1S/C24H30N8O2S/c1-17-9-10-25-22(26-17)35-16-6-11-32-19-20(29(2)24(34)28-21(19)33)27-23(32)31-14-12-30(13-15-31)18-7-4-3-5-8-18/h3-5,7-10,19-20H,6,11-16H2,1-2H3,(H,28,33,34). The second-order valence-corrected chi connectivity index (χ2v) is 9.94. The summed E-state index contributed by atoms with van der Waals surface area (Å²) in [7, 11) is 1.70. The minimum atomic E-state index is -0.514. The van der Waals surface area contributed by atoms with Crippen LogP contribution >= 0.6 is 11.8 Å². The largest absolute Gasteiger partial charge is 0.368 e. The van der Waals surface area contributed by atoms with Gasteiger partial charge in [0.2, 0.25) is 0 Å². The van der Waals surface area contributed by atoms with Gasteiger partial charge in [-0.15, -0.1) is 0 Å². The minimum absolute atomic E-state index is 0.283. The maximum Gasteiger partial charge on any atom is 0.325 e. The second kappa shape index (κ2) is 10.1. The van der Waals surface area contributed by atoms with Crippen molar-refractivity contribution in [1.29, 1.82) is 0 Å². The van der Waals surface area contributed by atoms with Crippen LogP contribution in [0.1, 0.15) is 12.1 Å². The molecule has 2 unspecified atom stereocenters. The quantitative estimate of drug-likeness (QED) is 0.368. The van der Waals surface area contributed by atoms with Crippen molar-refractivity contribution in [2.45, 2.75) is 30.7 Å². The number of carbonyl (C=O) groups excluding carboxylic acids is 2. The molecule has 10 nitrogen and oxygen atoms in total. The Bertz CT molecular complexity index is 1110. The van der Waals surface area contributed by atoms with Crippen LogP contribution in [-0.2, 0) is 4.79 Å². The number of hydrogen-bond acceptors (Lipinski definition) is 9. The molecule has 0 bridgehead atoms. The van der Waals surface area contributed by atoms with Crippen LogP contribution in [0.4, 0.5) is 10.5 Å². The van der Waals surface area contributed by atoms with Crippen molar-refractivity contribution in [3.8, 4) is 0 Å². The van der Waals surface area contributed by atoms with E-state index >= 15 is 0 Å². The number of guanidine groups is 1. The van der Waals surface area contributed by atoms with Crippen LogP contribution in [0.3, 0.4) is 0 Å². The average Bonchev–Trinajstić information content (AvgIpc) is 3.26. The molecule has 0 saturated carbocycles. The number of aliphatic imine (C=N–C) groups is 1. The second-order valence-electron chi connectivity index (χ2n) is 8.88. The summed E-state index contributed by atoms with van der Waals surface area (Å²) in [6.45, 7) is 5.95. The SMILES string of the molecule is Cc1ccnc(SCCCN2C(N3CCN(c4ccccc4)CC3)=NC3C2C(=O)NC(=O)N3C)n1. The highest BCUT2D eigenvalue weighted by molar-refractivity contribution is 7.99.